The Morgan fingerprint density at radius 1 is 1.11 bits per heavy atom. The lowest BCUT2D eigenvalue weighted by Crippen LogP contribution is -2.17. The van der Waals surface area contributed by atoms with Crippen molar-refractivity contribution in [1.82, 2.24) is 10.3 Å². The van der Waals surface area contributed by atoms with Crippen LogP contribution in [0.5, 0.6) is 5.75 Å². The van der Waals surface area contributed by atoms with Crippen molar-refractivity contribution < 1.29 is 5.11 Å². The maximum absolute atomic E-state index is 9.65. The van der Waals surface area contributed by atoms with Crippen molar-refractivity contribution in [2.24, 2.45) is 0 Å². The highest BCUT2D eigenvalue weighted by Crippen LogP contribution is 2.13. The van der Waals surface area contributed by atoms with E-state index in [0.29, 0.717) is 12.2 Å². The normalized spacial score (nSPS) is 10.5. The Morgan fingerprint density at radius 3 is 2.67 bits per heavy atom. The van der Waals surface area contributed by atoms with Gasteiger partial charge in [0, 0.05) is 12.2 Å². The predicted molar refractivity (Wildman–Crippen MR) is 72.5 cm³/mol. The van der Waals surface area contributed by atoms with Crippen molar-refractivity contribution in [3.8, 4) is 5.75 Å². The zero-order valence-electron chi connectivity index (χ0n) is 10.6. The van der Waals surface area contributed by atoms with Gasteiger partial charge in [0.1, 0.15) is 5.75 Å². The van der Waals surface area contributed by atoms with Crippen LogP contribution in [0.3, 0.4) is 0 Å². The van der Waals surface area contributed by atoms with Gasteiger partial charge in [-0.1, -0.05) is 30.3 Å². The van der Waals surface area contributed by atoms with Gasteiger partial charge in [0.2, 0.25) is 0 Å². The minimum Gasteiger partial charge on any atom is -0.506 e. The number of aryl methyl sites for hydroxylation is 1. The van der Waals surface area contributed by atoms with E-state index < -0.39 is 0 Å². The summed E-state index contributed by atoms with van der Waals surface area (Å²) in [4.78, 5) is 4.30. The Labute approximate surface area is 108 Å². The molecule has 0 fully saturated rings. The number of aromatic nitrogens is 1. The quantitative estimate of drug-likeness (QED) is 0.791. The molecule has 1 aromatic heterocycles. The summed E-state index contributed by atoms with van der Waals surface area (Å²) >= 11 is 0. The molecule has 94 valence electrons. The zero-order valence-corrected chi connectivity index (χ0v) is 10.6. The molecule has 0 saturated heterocycles. The number of hydrogen-bond donors (Lipinski definition) is 2. The molecule has 0 saturated carbocycles. The number of rotatable bonds is 5. The molecule has 3 nitrogen and oxygen atoms in total. The monoisotopic (exact) mass is 242 g/mol. The second-order valence-corrected chi connectivity index (χ2v) is 4.33. The van der Waals surface area contributed by atoms with Crippen LogP contribution in [-0.4, -0.2) is 16.6 Å². The molecule has 2 aromatic rings. The van der Waals surface area contributed by atoms with Crippen molar-refractivity contribution in [2.45, 2.75) is 19.9 Å². The van der Waals surface area contributed by atoms with Crippen LogP contribution in [0.4, 0.5) is 0 Å². The lowest BCUT2D eigenvalue weighted by Gasteiger charge is -2.07. The second-order valence-electron chi connectivity index (χ2n) is 4.33. The molecule has 0 aliphatic carbocycles. The molecule has 18 heavy (non-hydrogen) atoms. The molecule has 3 heteroatoms. The molecule has 0 atom stereocenters. The van der Waals surface area contributed by atoms with Gasteiger partial charge in [0.15, 0.2) is 0 Å². The lowest BCUT2D eigenvalue weighted by molar-refractivity contribution is 0.459. The number of nitrogens with zero attached hydrogens (tertiary/aromatic N) is 1. The fourth-order valence-electron chi connectivity index (χ4n) is 1.82. The minimum atomic E-state index is 0.257. The third-order valence-corrected chi connectivity index (χ3v) is 2.82. The molecule has 0 radical (unpaired) electrons. The molecule has 1 aromatic carbocycles. The van der Waals surface area contributed by atoms with E-state index in [1.165, 1.54) is 5.56 Å². The molecule has 2 rings (SSSR count). The molecular weight excluding hydrogens is 224 g/mol. The number of hydrogen-bond acceptors (Lipinski definition) is 3. The van der Waals surface area contributed by atoms with Crippen LogP contribution in [0.15, 0.2) is 42.5 Å². The standard InChI is InChI=1S/C15H18N2O/c1-12-7-8-15(18)14(17-12)11-16-10-9-13-5-3-2-4-6-13/h2-8,16,18H,9-11H2,1H3. The summed E-state index contributed by atoms with van der Waals surface area (Å²) in [6.45, 7) is 3.40. The summed E-state index contributed by atoms with van der Waals surface area (Å²) in [6, 6.07) is 13.8. The average molecular weight is 242 g/mol. The van der Waals surface area contributed by atoms with Crippen LogP contribution in [0.1, 0.15) is 17.0 Å². The van der Waals surface area contributed by atoms with E-state index in [-0.39, 0.29) is 5.75 Å². The topological polar surface area (TPSA) is 45.1 Å². The molecule has 0 aliphatic rings. The van der Waals surface area contributed by atoms with Crippen molar-refractivity contribution in [3.63, 3.8) is 0 Å². The molecule has 0 unspecified atom stereocenters. The molecule has 0 spiro atoms. The fraction of sp³-hybridized carbons (Fsp3) is 0.267. The van der Waals surface area contributed by atoms with Crippen LogP contribution >= 0.6 is 0 Å². The Kier molecular flexibility index (Phi) is 4.31. The highest BCUT2D eigenvalue weighted by molar-refractivity contribution is 5.27. The van der Waals surface area contributed by atoms with E-state index in [1.807, 2.05) is 31.2 Å². The van der Waals surface area contributed by atoms with Gasteiger partial charge in [0.05, 0.1) is 5.69 Å². The third kappa shape index (κ3) is 3.57. The van der Waals surface area contributed by atoms with Gasteiger partial charge in [-0.3, -0.25) is 4.98 Å². The van der Waals surface area contributed by atoms with Gasteiger partial charge < -0.3 is 10.4 Å². The van der Waals surface area contributed by atoms with Crippen LogP contribution < -0.4 is 5.32 Å². The maximum atomic E-state index is 9.65. The second kappa shape index (κ2) is 6.17. The first-order valence-corrected chi connectivity index (χ1v) is 6.16. The van der Waals surface area contributed by atoms with Crippen molar-refractivity contribution in [1.29, 1.82) is 0 Å². The highest BCUT2D eigenvalue weighted by atomic mass is 16.3. The van der Waals surface area contributed by atoms with E-state index in [2.05, 4.69) is 22.4 Å². The van der Waals surface area contributed by atoms with Crippen LogP contribution in [0, 0.1) is 6.92 Å². The number of pyridine rings is 1. The molecule has 1 heterocycles. The van der Waals surface area contributed by atoms with E-state index in [4.69, 9.17) is 0 Å². The van der Waals surface area contributed by atoms with Crippen molar-refractivity contribution >= 4 is 0 Å². The van der Waals surface area contributed by atoms with Crippen molar-refractivity contribution in [2.75, 3.05) is 6.54 Å². The van der Waals surface area contributed by atoms with Gasteiger partial charge in [-0.25, -0.2) is 0 Å². The minimum absolute atomic E-state index is 0.257. The summed E-state index contributed by atoms with van der Waals surface area (Å²) in [5.41, 5.74) is 2.95. The Hall–Kier alpha value is -1.87. The van der Waals surface area contributed by atoms with E-state index in [1.54, 1.807) is 6.07 Å². The fourth-order valence-corrected chi connectivity index (χ4v) is 1.82. The van der Waals surface area contributed by atoms with Gasteiger partial charge in [-0.05, 0) is 37.6 Å². The molecule has 2 N–H and O–H groups in total. The number of nitrogens with one attached hydrogen (secondary N) is 1. The summed E-state index contributed by atoms with van der Waals surface area (Å²) in [5.74, 6) is 0.257. The Bertz CT molecular complexity index is 497. The van der Waals surface area contributed by atoms with Crippen LogP contribution in [0.2, 0.25) is 0 Å². The zero-order chi connectivity index (χ0) is 12.8. The molecule has 0 bridgehead atoms. The maximum Gasteiger partial charge on any atom is 0.138 e. The van der Waals surface area contributed by atoms with Gasteiger partial charge >= 0.3 is 0 Å². The smallest absolute Gasteiger partial charge is 0.138 e. The average Bonchev–Trinajstić information content (AvgIpc) is 2.40. The predicted octanol–water partition coefficient (Wildman–Crippen LogP) is 2.43. The van der Waals surface area contributed by atoms with E-state index in [9.17, 15) is 5.11 Å². The van der Waals surface area contributed by atoms with E-state index in [0.717, 1.165) is 18.7 Å². The summed E-state index contributed by atoms with van der Waals surface area (Å²) in [6.07, 6.45) is 0.980. The van der Waals surface area contributed by atoms with Gasteiger partial charge in [-0.15, -0.1) is 0 Å². The first-order chi connectivity index (χ1) is 8.75. The third-order valence-electron chi connectivity index (χ3n) is 2.82. The Balaban J connectivity index is 1.80. The van der Waals surface area contributed by atoms with Crippen LogP contribution in [-0.2, 0) is 13.0 Å². The largest absolute Gasteiger partial charge is 0.506 e. The van der Waals surface area contributed by atoms with Crippen LogP contribution in [0.25, 0.3) is 0 Å². The number of benzene rings is 1. The summed E-state index contributed by atoms with van der Waals surface area (Å²) < 4.78 is 0. The molecule has 0 aliphatic heterocycles. The highest BCUT2D eigenvalue weighted by Gasteiger charge is 2.02. The molecule has 0 amide bonds. The van der Waals surface area contributed by atoms with Gasteiger partial charge in [-0.2, -0.15) is 0 Å². The van der Waals surface area contributed by atoms with Crippen molar-refractivity contribution in [3.05, 3.63) is 59.4 Å². The first kappa shape index (κ1) is 12.6. The summed E-state index contributed by atoms with van der Waals surface area (Å²) in [7, 11) is 0. The van der Waals surface area contributed by atoms with E-state index >= 15 is 0 Å². The number of aromatic hydroxyl groups is 1. The first-order valence-electron chi connectivity index (χ1n) is 6.16. The lowest BCUT2D eigenvalue weighted by atomic mass is 10.1. The summed E-state index contributed by atoms with van der Waals surface area (Å²) in [5, 5.41) is 12.9. The molecular formula is C15H18N2O. The van der Waals surface area contributed by atoms with Gasteiger partial charge in [0.25, 0.3) is 0 Å². The Morgan fingerprint density at radius 2 is 1.89 bits per heavy atom. The SMILES string of the molecule is Cc1ccc(O)c(CNCCc2ccccc2)n1.